The molecule has 19 heavy (non-hydrogen) atoms. The summed E-state index contributed by atoms with van der Waals surface area (Å²) in [5.41, 5.74) is 9.96. The standard InChI is InChI=1S/C17H22N2/c1-14-8-10-16(11-9-14)19(2)13-12-17(18)15-6-4-3-5-7-15/h3-11,17H,12-13,18H2,1-2H3. The quantitative estimate of drug-likeness (QED) is 0.884. The second kappa shape index (κ2) is 6.39. The van der Waals surface area contributed by atoms with E-state index in [0.29, 0.717) is 0 Å². The third-order valence-corrected chi connectivity index (χ3v) is 3.48. The third-order valence-electron chi connectivity index (χ3n) is 3.48. The minimum atomic E-state index is 0.106. The molecule has 0 aliphatic rings. The lowest BCUT2D eigenvalue weighted by atomic mass is 10.0. The number of anilines is 1. The van der Waals surface area contributed by atoms with E-state index < -0.39 is 0 Å². The van der Waals surface area contributed by atoms with E-state index in [2.05, 4.69) is 55.3 Å². The highest BCUT2D eigenvalue weighted by atomic mass is 15.1. The van der Waals surface area contributed by atoms with Gasteiger partial charge in [0.1, 0.15) is 0 Å². The van der Waals surface area contributed by atoms with E-state index in [0.717, 1.165) is 13.0 Å². The second-order valence-corrected chi connectivity index (χ2v) is 5.06. The van der Waals surface area contributed by atoms with Crippen LogP contribution in [-0.4, -0.2) is 13.6 Å². The van der Waals surface area contributed by atoms with Crippen LogP contribution in [0.25, 0.3) is 0 Å². The summed E-state index contributed by atoms with van der Waals surface area (Å²) in [6.07, 6.45) is 0.953. The molecule has 0 heterocycles. The van der Waals surface area contributed by atoms with Gasteiger partial charge in [-0.05, 0) is 31.0 Å². The molecular formula is C17H22N2. The Morgan fingerprint density at radius 2 is 1.63 bits per heavy atom. The zero-order valence-corrected chi connectivity index (χ0v) is 11.7. The number of nitrogens with zero attached hydrogens (tertiary/aromatic N) is 1. The van der Waals surface area contributed by atoms with E-state index in [4.69, 9.17) is 5.73 Å². The van der Waals surface area contributed by atoms with Gasteiger partial charge in [-0.15, -0.1) is 0 Å². The van der Waals surface area contributed by atoms with E-state index in [-0.39, 0.29) is 6.04 Å². The second-order valence-electron chi connectivity index (χ2n) is 5.06. The van der Waals surface area contributed by atoms with Gasteiger partial charge in [-0.1, -0.05) is 48.0 Å². The lowest BCUT2D eigenvalue weighted by molar-refractivity contribution is 0.645. The molecule has 2 aromatic carbocycles. The van der Waals surface area contributed by atoms with Gasteiger partial charge in [-0.25, -0.2) is 0 Å². The molecular weight excluding hydrogens is 232 g/mol. The molecule has 0 amide bonds. The van der Waals surface area contributed by atoms with Gasteiger partial charge in [0.25, 0.3) is 0 Å². The topological polar surface area (TPSA) is 29.3 Å². The van der Waals surface area contributed by atoms with Crippen molar-refractivity contribution in [1.82, 2.24) is 0 Å². The highest BCUT2D eigenvalue weighted by Gasteiger charge is 2.07. The molecule has 0 radical (unpaired) electrons. The fourth-order valence-electron chi connectivity index (χ4n) is 2.13. The molecule has 2 heteroatoms. The predicted octanol–water partition coefficient (Wildman–Crippen LogP) is 3.52. The highest BCUT2D eigenvalue weighted by molar-refractivity contribution is 5.46. The van der Waals surface area contributed by atoms with Crippen molar-refractivity contribution in [1.29, 1.82) is 0 Å². The van der Waals surface area contributed by atoms with Gasteiger partial charge in [0.15, 0.2) is 0 Å². The van der Waals surface area contributed by atoms with Crippen molar-refractivity contribution in [2.75, 3.05) is 18.5 Å². The van der Waals surface area contributed by atoms with E-state index >= 15 is 0 Å². The van der Waals surface area contributed by atoms with Crippen molar-refractivity contribution in [3.8, 4) is 0 Å². The fourth-order valence-corrected chi connectivity index (χ4v) is 2.13. The summed E-state index contributed by atoms with van der Waals surface area (Å²) in [4.78, 5) is 2.25. The maximum Gasteiger partial charge on any atom is 0.0363 e. The van der Waals surface area contributed by atoms with Crippen LogP contribution in [0.3, 0.4) is 0 Å². The predicted molar refractivity (Wildman–Crippen MR) is 82.4 cm³/mol. The monoisotopic (exact) mass is 254 g/mol. The molecule has 0 aromatic heterocycles. The number of hydrogen-bond donors (Lipinski definition) is 1. The molecule has 0 saturated heterocycles. The zero-order chi connectivity index (χ0) is 13.7. The summed E-state index contributed by atoms with van der Waals surface area (Å²) < 4.78 is 0. The van der Waals surface area contributed by atoms with Crippen molar-refractivity contribution in [2.45, 2.75) is 19.4 Å². The van der Waals surface area contributed by atoms with Crippen LogP contribution in [0.1, 0.15) is 23.6 Å². The Balaban J connectivity index is 1.90. The Bertz CT molecular complexity index is 490. The van der Waals surface area contributed by atoms with Gasteiger partial charge in [-0.3, -0.25) is 0 Å². The maximum absolute atomic E-state index is 6.22. The summed E-state index contributed by atoms with van der Waals surface area (Å²) in [7, 11) is 2.11. The summed E-state index contributed by atoms with van der Waals surface area (Å²) in [6, 6.07) is 19.0. The lowest BCUT2D eigenvalue weighted by Crippen LogP contribution is -2.23. The maximum atomic E-state index is 6.22. The Morgan fingerprint density at radius 1 is 1.00 bits per heavy atom. The first-order chi connectivity index (χ1) is 9.16. The fraction of sp³-hybridized carbons (Fsp3) is 0.294. The van der Waals surface area contributed by atoms with Crippen LogP contribution in [0.15, 0.2) is 54.6 Å². The molecule has 0 aliphatic heterocycles. The largest absolute Gasteiger partial charge is 0.375 e. The minimum absolute atomic E-state index is 0.106. The van der Waals surface area contributed by atoms with E-state index in [1.54, 1.807) is 0 Å². The number of nitrogens with two attached hydrogens (primary N) is 1. The van der Waals surface area contributed by atoms with Gasteiger partial charge in [0.2, 0.25) is 0 Å². The lowest BCUT2D eigenvalue weighted by Gasteiger charge is -2.22. The van der Waals surface area contributed by atoms with Crippen molar-refractivity contribution < 1.29 is 0 Å². The molecule has 0 bridgehead atoms. The summed E-state index contributed by atoms with van der Waals surface area (Å²) >= 11 is 0. The van der Waals surface area contributed by atoms with Gasteiger partial charge in [-0.2, -0.15) is 0 Å². The number of rotatable bonds is 5. The van der Waals surface area contributed by atoms with Crippen LogP contribution >= 0.6 is 0 Å². The van der Waals surface area contributed by atoms with Crippen molar-refractivity contribution in [3.05, 3.63) is 65.7 Å². The average molecular weight is 254 g/mol. The molecule has 2 rings (SSSR count). The molecule has 0 spiro atoms. The molecule has 2 N–H and O–H groups in total. The Labute approximate surface area is 115 Å². The molecule has 0 saturated carbocycles. The SMILES string of the molecule is Cc1ccc(N(C)CCC(N)c2ccccc2)cc1. The van der Waals surface area contributed by atoms with Crippen molar-refractivity contribution >= 4 is 5.69 Å². The first-order valence-electron chi connectivity index (χ1n) is 6.75. The van der Waals surface area contributed by atoms with Crippen LogP contribution in [0.5, 0.6) is 0 Å². The zero-order valence-electron chi connectivity index (χ0n) is 11.7. The average Bonchev–Trinajstić information content (AvgIpc) is 2.46. The third kappa shape index (κ3) is 3.83. The minimum Gasteiger partial charge on any atom is -0.375 e. The number of benzene rings is 2. The number of aryl methyl sites for hydroxylation is 1. The van der Waals surface area contributed by atoms with Crippen LogP contribution < -0.4 is 10.6 Å². The van der Waals surface area contributed by atoms with E-state index in [9.17, 15) is 0 Å². The Morgan fingerprint density at radius 3 is 2.26 bits per heavy atom. The summed E-state index contributed by atoms with van der Waals surface area (Å²) in [6.45, 7) is 3.06. The van der Waals surface area contributed by atoms with Crippen molar-refractivity contribution in [3.63, 3.8) is 0 Å². The van der Waals surface area contributed by atoms with Gasteiger partial charge in [0, 0.05) is 25.3 Å². The van der Waals surface area contributed by atoms with Crippen LogP contribution in [-0.2, 0) is 0 Å². The normalized spacial score (nSPS) is 12.2. The van der Waals surface area contributed by atoms with E-state index in [1.807, 2.05) is 18.2 Å². The van der Waals surface area contributed by atoms with Gasteiger partial charge < -0.3 is 10.6 Å². The molecule has 0 fully saturated rings. The summed E-state index contributed by atoms with van der Waals surface area (Å²) in [5.74, 6) is 0. The smallest absolute Gasteiger partial charge is 0.0363 e. The molecule has 1 unspecified atom stereocenters. The molecule has 1 atom stereocenters. The molecule has 2 aromatic rings. The van der Waals surface area contributed by atoms with Gasteiger partial charge >= 0.3 is 0 Å². The van der Waals surface area contributed by atoms with E-state index in [1.165, 1.54) is 16.8 Å². The molecule has 2 nitrogen and oxygen atoms in total. The van der Waals surface area contributed by atoms with Gasteiger partial charge in [0.05, 0.1) is 0 Å². The Kier molecular flexibility index (Phi) is 4.58. The van der Waals surface area contributed by atoms with Crippen LogP contribution in [0.2, 0.25) is 0 Å². The first kappa shape index (κ1) is 13.6. The Hall–Kier alpha value is -1.80. The summed E-state index contributed by atoms with van der Waals surface area (Å²) in [5, 5.41) is 0. The molecule has 100 valence electrons. The van der Waals surface area contributed by atoms with Crippen LogP contribution in [0.4, 0.5) is 5.69 Å². The highest BCUT2D eigenvalue weighted by Crippen LogP contribution is 2.17. The van der Waals surface area contributed by atoms with Crippen molar-refractivity contribution in [2.24, 2.45) is 5.73 Å². The number of hydrogen-bond acceptors (Lipinski definition) is 2. The first-order valence-corrected chi connectivity index (χ1v) is 6.75. The van der Waals surface area contributed by atoms with Crippen LogP contribution in [0, 0.1) is 6.92 Å². The molecule has 0 aliphatic carbocycles.